The van der Waals surface area contributed by atoms with Crippen LogP contribution < -0.4 is 10.6 Å². The first-order valence-electron chi connectivity index (χ1n) is 7.42. The van der Waals surface area contributed by atoms with Gasteiger partial charge in [0.05, 0.1) is 4.92 Å². The lowest BCUT2D eigenvalue weighted by Crippen LogP contribution is -2.44. The van der Waals surface area contributed by atoms with Crippen molar-refractivity contribution < 1.29 is 9.72 Å². The molecular weight excluding hydrogens is 302 g/mol. The lowest BCUT2D eigenvalue weighted by atomic mass is 10.1. The Kier molecular flexibility index (Phi) is 5.83. The summed E-state index contributed by atoms with van der Waals surface area (Å²) in [5.41, 5.74) is 0.106. The van der Waals surface area contributed by atoms with Crippen LogP contribution in [0.3, 0.4) is 0 Å². The molecule has 7 heteroatoms. The average Bonchev–Trinajstić information content (AvgIpc) is 2.75. The molecule has 0 spiro atoms. The van der Waals surface area contributed by atoms with Crippen LogP contribution in [0.4, 0.5) is 5.69 Å². The lowest BCUT2D eigenvalue weighted by Gasteiger charge is -2.18. The fraction of sp³-hybridized carbons (Fsp3) is 0.467. The van der Waals surface area contributed by atoms with E-state index in [1.54, 1.807) is 0 Å². The predicted octanol–water partition coefficient (Wildman–Crippen LogP) is 2.92. The smallest absolute Gasteiger partial charge is 0.270 e. The maximum atomic E-state index is 12.1. The van der Waals surface area contributed by atoms with Gasteiger partial charge in [-0.05, 0) is 31.1 Å². The molecule has 1 aliphatic carbocycles. The van der Waals surface area contributed by atoms with E-state index < -0.39 is 10.8 Å². The van der Waals surface area contributed by atoms with E-state index in [2.05, 4.69) is 10.6 Å². The quantitative estimate of drug-likeness (QED) is 0.387. The molecule has 0 heterocycles. The number of nitro groups is 1. The molecule has 1 saturated carbocycles. The van der Waals surface area contributed by atoms with Crippen LogP contribution in [0.1, 0.15) is 48.9 Å². The van der Waals surface area contributed by atoms with Crippen LogP contribution in [0.15, 0.2) is 24.3 Å². The van der Waals surface area contributed by atoms with Crippen molar-refractivity contribution in [2.24, 2.45) is 0 Å². The molecule has 0 aromatic heterocycles. The Balaban J connectivity index is 1.91. The van der Waals surface area contributed by atoms with Crippen molar-refractivity contribution in [3.63, 3.8) is 0 Å². The van der Waals surface area contributed by atoms with Crippen molar-refractivity contribution in [2.45, 2.75) is 44.6 Å². The van der Waals surface area contributed by atoms with E-state index >= 15 is 0 Å². The highest BCUT2D eigenvalue weighted by atomic mass is 32.1. The van der Waals surface area contributed by atoms with Gasteiger partial charge in [0, 0.05) is 23.7 Å². The molecule has 0 radical (unpaired) electrons. The monoisotopic (exact) mass is 321 g/mol. The Hall–Kier alpha value is -2.02. The van der Waals surface area contributed by atoms with Crippen molar-refractivity contribution in [1.82, 2.24) is 10.6 Å². The molecule has 0 atom stereocenters. The van der Waals surface area contributed by atoms with Gasteiger partial charge in [-0.1, -0.05) is 31.7 Å². The zero-order valence-electron chi connectivity index (χ0n) is 12.2. The van der Waals surface area contributed by atoms with Gasteiger partial charge in [0.1, 0.15) is 0 Å². The second-order valence-corrected chi connectivity index (χ2v) is 5.83. The maximum Gasteiger partial charge on any atom is 0.270 e. The van der Waals surface area contributed by atoms with Crippen molar-refractivity contribution in [3.8, 4) is 0 Å². The van der Waals surface area contributed by atoms with Crippen molar-refractivity contribution >= 4 is 28.9 Å². The molecule has 1 amide bonds. The molecule has 6 nitrogen and oxygen atoms in total. The molecule has 118 valence electrons. The number of nitro benzene ring substituents is 1. The first-order chi connectivity index (χ1) is 10.6. The van der Waals surface area contributed by atoms with E-state index in [1.807, 2.05) is 0 Å². The summed E-state index contributed by atoms with van der Waals surface area (Å²) < 4.78 is 0. The van der Waals surface area contributed by atoms with E-state index in [9.17, 15) is 14.9 Å². The molecule has 0 aliphatic heterocycles. The van der Waals surface area contributed by atoms with E-state index in [-0.39, 0.29) is 16.4 Å². The number of amides is 1. The molecule has 2 rings (SSSR count). The Labute approximate surface area is 134 Å². The number of non-ortho nitro benzene ring substituents is 1. The standard InChI is InChI=1S/C15H19N3O3S/c19-14(11-6-5-9-13(10-11)18(20)21)17-15(22)16-12-7-3-1-2-4-8-12/h5-6,9-10,12H,1-4,7-8H2,(H2,16,17,19,22). The van der Waals surface area contributed by atoms with Gasteiger partial charge in [0.2, 0.25) is 0 Å². The Bertz CT molecular complexity index is 569. The minimum atomic E-state index is -0.529. The number of benzene rings is 1. The lowest BCUT2D eigenvalue weighted by molar-refractivity contribution is -0.384. The number of hydrogen-bond acceptors (Lipinski definition) is 4. The Morgan fingerprint density at radius 1 is 1.23 bits per heavy atom. The van der Waals surface area contributed by atoms with Gasteiger partial charge < -0.3 is 5.32 Å². The summed E-state index contributed by atoms with van der Waals surface area (Å²) in [5, 5.41) is 16.8. The number of nitrogens with one attached hydrogen (secondary N) is 2. The molecule has 0 saturated heterocycles. The number of thiocarbonyl (C=S) groups is 1. The summed E-state index contributed by atoms with van der Waals surface area (Å²) in [6.07, 6.45) is 6.91. The first kappa shape index (κ1) is 16.4. The molecule has 1 aromatic carbocycles. The van der Waals surface area contributed by atoms with Crippen LogP contribution >= 0.6 is 12.2 Å². The topological polar surface area (TPSA) is 84.3 Å². The Morgan fingerprint density at radius 2 is 1.91 bits per heavy atom. The summed E-state index contributed by atoms with van der Waals surface area (Å²) in [6, 6.07) is 5.88. The summed E-state index contributed by atoms with van der Waals surface area (Å²) in [4.78, 5) is 22.3. The van der Waals surface area contributed by atoms with Gasteiger partial charge in [0.15, 0.2) is 5.11 Å². The highest BCUT2D eigenvalue weighted by molar-refractivity contribution is 7.80. The fourth-order valence-electron chi connectivity index (χ4n) is 2.58. The highest BCUT2D eigenvalue weighted by Crippen LogP contribution is 2.17. The van der Waals surface area contributed by atoms with Crippen molar-refractivity contribution in [1.29, 1.82) is 0 Å². The van der Waals surface area contributed by atoms with E-state index in [0.29, 0.717) is 6.04 Å². The van der Waals surface area contributed by atoms with E-state index in [1.165, 1.54) is 49.9 Å². The van der Waals surface area contributed by atoms with Crippen LogP contribution in [-0.4, -0.2) is 22.0 Å². The summed E-state index contributed by atoms with van der Waals surface area (Å²) in [7, 11) is 0. The number of carbonyl (C=O) groups excluding carboxylic acids is 1. The van der Waals surface area contributed by atoms with Crippen LogP contribution in [0, 0.1) is 10.1 Å². The normalized spacial score (nSPS) is 15.6. The number of nitrogens with zero attached hydrogens (tertiary/aromatic N) is 1. The first-order valence-corrected chi connectivity index (χ1v) is 7.83. The fourth-order valence-corrected chi connectivity index (χ4v) is 2.84. The Morgan fingerprint density at radius 3 is 2.55 bits per heavy atom. The number of rotatable bonds is 3. The highest BCUT2D eigenvalue weighted by Gasteiger charge is 2.16. The molecule has 22 heavy (non-hydrogen) atoms. The third-order valence-corrected chi connectivity index (χ3v) is 3.96. The third-order valence-electron chi connectivity index (χ3n) is 3.74. The van der Waals surface area contributed by atoms with Crippen LogP contribution in [0.5, 0.6) is 0 Å². The summed E-state index contributed by atoms with van der Waals surface area (Å²) in [5.74, 6) is -0.435. The predicted molar refractivity (Wildman–Crippen MR) is 87.8 cm³/mol. The van der Waals surface area contributed by atoms with Crippen molar-refractivity contribution in [3.05, 3.63) is 39.9 Å². The van der Waals surface area contributed by atoms with Crippen LogP contribution in [0.25, 0.3) is 0 Å². The number of carbonyl (C=O) groups is 1. The van der Waals surface area contributed by atoms with Gasteiger partial charge in [-0.15, -0.1) is 0 Å². The van der Waals surface area contributed by atoms with Gasteiger partial charge in [0.25, 0.3) is 11.6 Å². The second kappa shape index (κ2) is 7.84. The minimum absolute atomic E-state index is 0.115. The minimum Gasteiger partial charge on any atom is -0.360 e. The summed E-state index contributed by atoms with van der Waals surface area (Å²) >= 11 is 5.16. The molecule has 1 fully saturated rings. The third kappa shape index (κ3) is 4.77. The van der Waals surface area contributed by atoms with Crippen LogP contribution in [0.2, 0.25) is 0 Å². The molecule has 2 N–H and O–H groups in total. The SMILES string of the molecule is O=C(NC(=S)NC1CCCCCC1)c1cccc([N+](=O)[O-])c1. The molecule has 1 aliphatic rings. The molecular formula is C15H19N3O3S. The zero-order chi connectivity index (χ0) is 15.9. The van der Waals surface area contributed by atoms with Gasteiger partial charge in [-0.3, -0.25) is 20.2 Å². The molecule has 0 unspecified atom stereocenters. The summed E-state index contributed by atoms with van der Waals surface area (Å²) in [6.45, 7) is 0. The second-order valence-electron chi connectivity index (χ2n) is 5.42. The van der Waals surface area contributed by atoms with E-state index in [0.717, 1.165) is 12.8 Å². The molecule has 1 aromatic rings. The average molecular weight is 321 g/mol. The van der Waals surface area contributed by atoms with Gasteiger partial charge >= 0.3 is 0 Å². The molecule has 0 bridgehead atoms. The van der Waals surface area contributed by atoms with Crippen LogP contribution in [-0.2, 0) is 0 Å². The number of hydrogen-bond donors (Lipinski definition) is 2. The van der Waals surface area contributed by atoms with Gasteiger partial charge in [-0.25, -0.2) is 0 Å². The maximum absolute atomic E-state index is 12.1. The largest absolute Gasteiger partial charge is 0.360 e. The van der Waals surface area contributed by atoms with Gasteiger partial charge in [-0.2, -0.15) is 0 Å². The zero-order valence-corrected chi connectivity index (χ0v) is 13.0. The van der Waals surface area contributed by atoms with E-state index in [4.69, 9.17) is 12.2 Å². The van der Waals surface area contributed by atoms with Crippen molar-refractivity contribution in [2.75, 3.05) is 0 Å².